The van der Waals surface area contributed by atoms with Crippen LogP contribution >= 0.6 is 0 Å². The minimum absolute atomic E-state index is 0.0323. The van der Waals surface area contributed by atoms with Crippen molar-refractivity contribution in [1.82, 2.24) is 5.32 Å². The van der Waals surface area contributed by atoms with Gasteiger partial charge in [0.2, 0.25) is 5.91 Å². The monoisotopic (exact) mass is 332 g/mol. The first kappa shape index (κ1) is 17.1. The van der Waals surface area contributed by atoms with Gasteiger partial charge in [-0.05, 0) is 61.6 Å². The van der Waals surface area contributed by atoms with Crippen LogP contribution in [0.3, 0.4) is 0 Å². The van der Waals surface area contributed by atoms with E-state index in [9.17, 15) is 4.79 Å². The molecule has 1 aromatic carbocycles. The summed E-state index contributed by atoms with van der Waals surface area (Å²) in [6.45, 7) is 0.688. The number of carbonyl (C=O) groups excluding carboxylic acids is 1. The van der Waals surface area contributed by atoms with E-state index in [0.717, 1.165) is 30.8 Å². The highest BCUT2D eigenvalue weighted by atomic mass is 16.5. The van der Waals surface area contributed by atoms with Crippen molar-refractivity contribution in [3.63, 3.8) is 0 Å². The normalized spacial score (nSPS) is 28.0. The topological polar surface area (TPSA) is 73.6 Å². The zero-order chi connectivity index (χ0) is 17.1. The van der Waals surface area contributed by atoms with Gasteiger partial charge in [-0.3, -0.25) is 4.79 Å². The molecule has 5 heteroatoms. The number of ether oxygens (including phenoxy) is 2. The van der Waals surface area contributed by atoms with Gasteiger partial charge in [-0.1, -0.05) is 6.07 Å². The molecule has 24 heavy (non-hydrogen) atoms. The molecule has 2 fully saturated rings. The first-order chi connectivity index (χ1) is 11.6. The van der Waals surface area contributed by atoms with E-state index in [1.807, 2.05) is 18.2 Å². The Labute approximate surface area is 143 Å². The molecular weight excluding hydrogens is 304 g/mol. The standard InChI is InChI=1S/C19H28N2O3/c1-23-15-8-5-12(10-16(15)24-2)4-3-9-21-19(22)17-13-6-7-14(11-13)18(17)20/h5,8,10,13-14,17-18H,3-4,6-7,9,11,20H2,1-2H3,(H,21,22). The number of methoxy groups -OCH3 is 2. The Bertz CT molecular complexity index is 588. The molecule has 0 aromatic heterocycles. The van der Waals surface area contributed by atoms with Crippen LogP contribution in [0.25, 0.3) is 0 Å². The molecule has 3 N–H and O–H groups in total. The van der Waals surface area contributed by atoms with Gasteiger partial charge >= 0.3 is 0 Å². The fourth-order valence-corrected chi connectivity index (χ4v) is 4.38. The Balaban J connectivity index is 1.45. The summed E-state index contributed by atoms with van der Waals surface area (Å²) in [5.74, 6) is 2.74. The molecule has 2 saturated carbocycles. The van der Waals surface area contributed by atoms with Crippen LogP contribution in [0.4, 0.5) is 0 Å². The van der Waals surface area contributed by atoms with Crippen LogP contribution in [-0.4, -0.2) is 32.7 Å². The van der Waals surface area contributed by atoms with Crippen LogP contribution in [0.2, 0.25) is 0 Å². The van der Waals surface area contributed by atoms with Gasteiger partial charge in [0.05, 0.1) is 20.1 Å². The van der Waals surface area contributed by atoms with Crippen LogP contribution in [0.15, 0.2) is 18.2 Å². The van der Waals surface area contributed by atoms with E-state index >= 15 is 0 Å². The smallest absolute Gasteiger partial charge is 0.224 e. The zero-order valence-corrected chi connectivity index (χ0v) is 14.6. The van der Waals surface area contributed by atoms with Gasteiger partial charge in [-0.15, -0.1) is 0 Å². The van der Waals surface area contributed by atoms with E-state index in [0.29, 0.717) is 18.4 Å². The van der Waals surface area contributed by atoms with E-state index in [2.05, 4.69) is 5.32 Å². The molecule has 2 aliphatic rings. The van der Waals surface area contributed by atoms with E-state index < -0.39 is 0 Å². The molecule has 0 spiro atoms. The summed E-state index contributed by atoms with van der Waals surface area (Å²) in [4.78, 5) is 12.4. The molecule has 132 valence electrons. The quantitative estimate of drug-likeness (QED) is 0.750. The molecule has 2 aliphatic carbocycles. The Morgan fingerprint density at radius 3 is 2.62 bits per heavy atom. The molecule has 0 saturated heterocycles. The first-order valence-corrected chi connectivity index (χ1v) is 8.88. The minimum Gasteiger partial charge on any atom is -0.493 e. The molecule has 2 bridgehead atoms. The Kier molecular flexibility index (Phi) is 5.29. The molecule has 4 atom stereocenters. The van der Waals surface area contributed by atoms with Crippen molar-refractivity contribution in [2.24, 2.45) is 23.5 Å². The summed E-state index contributed by atoms with van der Waals surface area (Å²) in [6.07, 6.45) is 5.31. The van der Waals surface area contributed by atoms with E-state index in [1.54, 1.807) is 14.2 Å². The van der Waals surface area contributed by atoms with Gasteiger partial charge in [0.25, 0.3) is 0 Å². The number of hydrogen-bond donors (Lipinski definition) is 2. The fourth-order valence-electron chi connectivity index (χ4n) is 4.38. The number of nitrogens with one attached hydrogen (secondary N) is 1. The zero-order valence-electron chi connectivity index (χ0n) is 14.6. The second-order valence-electron chi connectivity index (χ2n) is 7.02. The van der Waals surface area contributed by atoms with Crippen LogP contribution in [0.5, 0.6) is 11.5 Å². The van der Waals surface area contributed by atoms with E-state index in [1.165, 1.54) is 18.4 Å². The van der Waals surface area contributed by atoms with Gasteiger partial charge in [0, 0.05) is 12.6 Å². The molecule has 3 rings (SSSR count). The third kappa shape index (κ3) is 3.36. The minimum atomic E-state index is 0.0323. The lowest BCUT2D eigenvalue weighted by molar-refractivity contribution is -0.127. The molecule has 5 nitrogen and oxygen atoms in total. The van der Waals surface area contributed by atoms with Crippen molar-refractivity contribution in [2.45, 2.75) is 38.1 Å². The number of fused-ring (bicyclic) bond motifs is 2. The SMILES string of the molecule is COc1ccc(CCCNC(=O)C2C3CCC(C3)C2N)cc1OC. The Morgan fingerprint density at radius 2 is 1.96 bits per heavy atom. The van der Waals surface area contributed by atoms with E-state index in [4.69, 9.17) is 15.2 Å². The molecular formula is C19H28N2O3. The summed E-state index contributed by atoms with van der Waals surface area (Å²) in [6, 6.07) is 6.01. The third-order valence-electron chi connectivity index (χ3n) is 5.67. The van der Waals surface area contributed by atoms with Crippen molar-refractivity contribution >= 4 is 5.91 Å². The average molecular weight is 332 g/mol. The van der Waals surface area contributed by atoms with Gasteiger partial charge < -0.3 is 20.5 Å². The van der Waals surface area contributed by atoms with Crippen molar-refractivity contribution in [2.75, 3.05) is 20.8 Å². The molecule has 0 heterocycles. The lowest BCUT2D eigenvalue weighted by Crippen LogP contribution is -2.45. The number of amides is 1. The molecule has 1 amide bonds. The van der Waals surface area contributed by atoms with Crippen LogP contribution < -0.4 is 20.5 Å². The maximum absolute atomic E-state index is 12.4. The van der Waals surface area contributed by atoms with Gasteiger partial charge in [-0.25, -0.2) is 0 Å². The molecule has 0 aliphatic heterocycles. The fraction of sp³-hybridized carbons (Fsp3) is 0.632. The molecule has 4 unspecified atom stereocenters. The average Bonchev–Trinajstić information content (AvgIpc) is 3.19. The Morgan fingerprint density at radius 1 is 1.21 bits per heavy atom. The highest BCUT2D eigenvalue weighted by molar-refractivity contribution is 5.80. The van der Waals surface area contributed by atoms with Crippen LogP contribution in [-0.2, 0) is 11.2 Å². The van der Waals surface area contributed by atoms with Gasteiger partial charge in [-0.2, -0.15) is 0 Å². The lowest BCUT2D eigenvalue weighted by atomic mass is 9.84. The van der Waals surface area contributed by atoms with Crippen molar-refractivity contribution in [3.8, 4) is 11.5 Å². The van der Waals surface area contributed by atoms with Gasteiger partial charge in [0.15, 0.2) is 11.5 Å². The predicted octanol–water partition coefficient (Wildman–Crippen LogP) is 2.13. The van der Waals surface area contributed by atoms with Crippen molar-refractivity contribution in [1.29, 1.82) is 0 Å². The second kappa shape index (κ2) is 7.43. The first-order valence-electron chi connectivity index (χ1n) is 8.88. The summed E-state index contributed by atoms with van der Waals surface area (Å²) in [5, 5.41) is 3.09. The summed E-state index contributed by atoms with van der Waals surface area (Å²) >= 11 is 0. The summed E-state index contributed by atoms with van der Waals surface area (Å²) < 4.78 is 10.6. The summed E-state index contributed by atoms with van der Waals surface area (Å²) in [5.41, 5.74) is 7.41. The number of hydrogen-bond acceptors (Lipinski definition) is 4. The summed E-state index contributed by atoms with van der Waals surface area (Å²) in [7, 11) is 3.27. The maximum atomic E-state index is 12.4. The van der Waals surface area contributed by atoms with Crippen molar-refractivity contribution in [3.05, 3.63) is 23.8 Å². The van der Waals surface area contributed by atoms with Gasteiger partial charge in [0.1, 0.15) is 0 Å². The van der Waals surface area contributed by atoms with Crippen LogP contribution in [0.1, 0.15) is 31.2 Å². The number of rotatable bonds is 7. The highest BCUT2D eigenvalue weighted by Crippen LogP contribution is 2.47. The van der Waals surface area contributed by atoms with E-state index in [-0.39, 0.29) is 17.9 Å². The maximum Gasteiger partial charge on any atom is 0.224 e. The number of carbonyl (C=O) groups is 1. The lowest BCUT2D eigenvalue weighted by Gasteiger charge is -2.27. The Hall–Kier alpha value is -1.75. The number of benzene rings is 1. The largest absolute Gasteiger partial charge is 0.493 e. The predicted molar refractivity (Wildman–Crippen MR) is 93.2 cm³/mol. The number of nitrogens with two attached hydrogens (primary N) is 1. The molecule has 1 aromatic rings. The third-order valence-corrected chi connectivity index (χ3v) is 5.67. The number of aryl methyl sites for hydroxylation is 1. The van der Waals surface area contributed by atoms with Crippen molar-refractivity contribution < 1.29 is 14.3 Å². The molecule has 0 radical (unpaired) electrons. The highest BCUT2D eigenvalue weighted by Gasteiger charge is 2.48. The van der Waals surface area contributed by atoms with Crippen LogP contribution in [0, 0.1) is 17.8 Å². The second-order valence-corrected chi connectivity index (χ2v) is 7.02.